The number of nitrogens with one attached hydrogen (secondary N) is 1. The smallest absolute Gasteiger partial charge is 0.234 e. The molecule has 0 radical (unpaired) electrons. The van der Waals surface area contributed by atoms with E-state index in [4.69, 9.17) is 4.74 Å². The zero-order valence-electron chi connectivity index (χ0n) is 16.4. The van der Waals surface area contributed by atoms with E-state index in [9.17, 15) is 4.79 Å². The lowest BCUT2D eigenvalue weighted by Gasteiger charge is -2.18. The molecule has 7 nitrogen and oxygen atoms in total. The molecule has 0 aliphatic heterocycles. The lowest BCUT2D eigenvalue weighted by atomic mass is 10.2. The molecular weight excluding hydrogens is 354 g/mol. The molecule has 1 atom stereocenters. The highest BCUT2D eigenvalue weighted by molar-refractivity contribution is 5.78. The lowest BCUT2D eigenvalue weighted by Crippen LogP contribution is -2.36. The number of nitrogens with zero attached hydrogens (tertiary/aromatic N) is 4. The number of pyridine rings is 1. The third kappa shape index (κ3) is 5.17. The van der Waals surface area contributed by atoms with Crippen molar-refractivity contribution in [1.29, 1.82) is 0 Å². The van der Waals surface area contributed by atoms with Crippen LogP contribution >= 0.6 is 0 Å². The summed E-state index contributed by atoms with van der Waals surface area (Å²) in [6, 6.07) is 11.4. The van der Waals surface area contributed by atoms with Crippen molar-refractivity contribution in [1.82, 2.24) is 25.0 Å². The summed E-state index contributed by atoms with van der Waals surface area (Å²) in [6.07, 6.45) is 7.23. The SMILES string of the molecule is COc1cccc(-n2cc(C(C)NC(=O)CN(C)Cc3cccnc3)cn2)c1. The highest BCUT2D eigenvalue weighted by Gasteiger charge is 2.14. The predicted molar refractivity (Wildman–Crippen MR) is 107 cm³/mol. The van der Waals surface area contributed by atoms with Gasteiger partial charge in [0.25, 0.3) is 0 Å². The van der Waals surface area contributed by atoms with Crippen LogP contribution in [0.25, 0.3) is 5.69 Å². The molecule has 1 unspecified atom stereocenters. The van der Waals surface area contributed by atoms with E-state index in [-0.39, 0.29) is 11.9 Å². The fraction of sp³-hybridized carbons (Fsp3) is 0.286. The Labute approximate surface area is 165 Å². The number of carbonyl (C=O) groups excluding carboxylic acids is 1. The van der Waals surface area contributed by atoms with Crippen molar-refractivity contribution in [3.8, 4) is 11.4 Å². The summed E-state index contributed by atoms with van der Waals surface area (Å²) in [4.78, 5) is 18.4. The molecular formula is C21H25N5O2. The van der Waals surface area contributed by atoms with E-state index in [2.05, 4.69) is 15.4 Å². The van der Waals surface area contributed by atoms with Gasteiger partial charge < -0.3 is 10.1 Å². The molecule has 2 heterocycles. The summed E-state index contributed by atoms with van der Waals surface area (Å²) in [5, 5.41) is 7.43. The quantitative estimate of drug-likeness (QED) is 0.651. The second-order valence-corrected chi connectivity index (χ2v) is 6.74. The van der Waals surface area contributed by atoms with Crippen LogP contribution < -0.4 is 10.1 Å². The highest BCUT2D eigenvalue weighted by Crippen LogP contribution is 2.18. The molecule has 1 amide bonds. The third-order valence-corrected chi connectivity index (χ3v) is 4.39. The van der Waals surface area contributed by atoms with Gasteiger partial charge in [0.2, 0.25) is 5.91 Å². The van der Waals surface area contributed by atoms with Crippen molar-refractivity contribution in [3.63, 3.8) is 0 Å². The number of hydrogen-bond acceptors (Lipinski definition) is 5. The van der Waals surface area contributed by atoms with Crippen molar-refractivity contribution >= 4 is 5.91 Å². The fourth-order valence-corrected chi connectivity index (χ4v) is 2.93. The van der Waals surface area contributed by atoms with E-state index in [0.717, 1.165) is 22.6 Å². The molecule has 1 N–H and O–H groups in total. The van der Waals surface area contributed by atoms with Gasteiger partial charge >= 0.3 is 0 Å². The third-order valence-electron chi connectivity index (χ3n) is 4.39. The van der Waals surface area contributed by atoms with Gasteiger partial charge in [-0.15, -0.1) is 0 Å². The number of ether oxygens (including phenoxy) is 1. The molecule has 0 saturated carbocycles. The van der Waals surface area contributed by atoms with Crippen LogP contribution in [0.15, 0.2) is 61.2 Å². The van der Waals surface area contributed by atoms with Crippen LogP contribution in [-0.2, 0) is 11.3 Å². The lowest BCUT2D eigenvalue weighted by molar-refractivity contribution is -0.122. The molecule has 7 heteroatoms. The first kappa shape index (κ1) is 19.6. The Bertz CT molecular complexity index is 910. The van der Waals surface area contributed by atoms with E-state index in [0.29, 0.717) is 13.1 Å². The molecule has 0 aliphatic rings. The topological polar surface area (TPSA) is 72.3 Å². The van der Waals surface area contributed by atoms with Gasteiger partial charge in [-0.05, 0) is 37.7 Å². The summed E-state index contributed by atoms with van der Waals surface area (Å²) in [5.41, 5.74) is 2.91. The van der Waals surface area contributed by atoms with Gasteiger partial charge in [-0.3, -0.25) is 14.7 Å². The molecule has 2 aromatic heterocycles. The first-order valence-corrected chi connectivity index (χ1v) is 9.11. The predicted octanol–water partition coefficient (Wildman–Crippen LogP) is 2.59. The van der Waals surface area contributed by atoms with E-state index in [1.165, 1.54) is 0 Å². The van der Waals surface area contributed by atoms with Gasteiger partial charge in [0.1, 0.15) is 5.75 Å². The van der Waals surface area contributed by atoms with Crippen molar-refractivity contribution < 1.29 is 9.53 Å². The number of rotatable bonds is 8. The van der Waals surface area contributed by atoms with Gasteiger partial charge in [0, 0.05) is 36.8 Å². The fourth-order valence-electron chi connectivity index (χ4n) is 2.93. The zero-order valence-corrected chi connectivity index (χ0v) is 16.4. The minimum Gasteiger partial charge on any atom is -0.497 e. The molecule has 3 aromatic rings. The maximum Gasteiger partial charge on any atom is 0.234 e. The standard InChI is InChI=1S/C21H25N5O2/c1-16(24-21(27)15-25(2)13-17-6-5-9-22-11-17)18-12-23-26(14-18)19-7-4-8-20(10-19)28-3/h4-12,14,16H,13,15H2,1-3H3,(H,24,27). The number of hydrogen-bond donors (Lipinski definition) is 1. The maximum absolute atomic E-state index is 12.4. The number of methoxy groups -OCH3 is 1. The number of benzene rings is 1. The summed E-state index contributed by atoms with van der Waals surface area (Å²) < 4.78 is 7.03. The van der Waals surface area contributed by atoms with Crippen LogP contribution in [0.5, 0.6) is 5.75 Å². The molecule has 0 spiro atoms. The van der Waals surface area contributed by atoms with Crippen LogP contribution in [0.1, 0.15) is 24.1 Å². The van der Waals surface area contributed by atoms with E-state index in [1.54, 1.807) is 24.2 Å². The van der Waals surface area contributed by atoms with Gasteiger partial charge in [0.15, 0.2) is 0 Å². The molecule has 0 saturated heterocycles. The number of amides is 1. The largest absolute Gasteiger partial charge is 0.497 e. The Balaban J connectivity index is 1.56. The first-order valence-electron chi connectivity index (χ1n) is 9.11. The van der Waals surface area contributed by atoms with Gasteiger partial charge in [-0.2, -0.15) is 5.10 Å². The maximum atomic E-state index is 12.4. The van der Waals surface area contributed by atoms with Crippen LogP contribution in [-0.4, -0.2) is 46.3 Å². The van der Waals surface area contributed by atoms with Gasteiger partial charge in [0.05, 0.1) is 31.6 Å². The molecule has 0 fully saturated rings. The van der Waals surface area contributed by atoms with Crippen molar-refractivity contribution in [2.75, 3.05) is 20.7 Å². The van der Waals surface area contributed by atoms with Crippen LogP contribution in [0.3, 0.4) is 0 Å². The van der Waals surface area contributed by atoms with E-state index < -0.39 is 0 Å². The number of aromatic nitrogens is 3. The summed E-state index contributed by atoms with van der Waals surface area (Å²) in [7, 11) is 3.55. The molecule has 1 aromatic carbocycles. The van der Waals surface area contributed by atoms with Gasteiger partial charge in [-0.25, -0.2) is 4.68 Å². The molecule has 146 valence electrons. The van der Waals surface area contributed by atoms with E-state index >= 15 is 0 Å². The minimum absolute atomic E-state index is 0.0342. The average molecular weight is 379 g/mol. The van der Waals surface area contributed by atoms with Crippen molar-refractivity contribution in [2.24, 2.45) is 0 Å². The summed E-state index contributed by atoms with van der Waals surface area (Å²) in [6.45, 7) is 2.93. The van der Waals surface area contributed by atoms with Crippen LogP contribution in [0.2, 0.25) is 0 Å². The number of carbonyl (C=O) groups is 1. The van der Waals surface area contributed by atoms with Crippen LogP contribution in [0.4, 0.5) is 0 Å². The second-order valence-electron chi connectivity index (χ2n) is 6.74. The summed E-state index contributed by atoms with van der Waals surface area (Å²) >= 11 is 0. The Morgan fingerprint density at radius 2 is 2.14 bits per heavy atom. The average Bonchev–Trinajstić information content (AvgIpc) is 3.19. The Morgan fingerprint density at radius 1 is 1.29 bits per heavy atom. The first-order chi connectivity index (χ1) is 13.5. The van der Waals surface area contributed by atoms with Crippen molar-refractivity contribution in [3.05, 3.63) is 72.3 Å². The Morgan fingerprint density at radius 3 is 2.89 bits per heavy atom. The Hall–Kier alpha value is -3.19. The molecule has 28 heavy (non-hydrogen) atoms. The normalized spacial score (nSPS) is 12.0. The van der Waals surface area contributed by atoms with Crippen LogP contribution in [0, 0.1) is 0 Å². The minimum atomic E-state index is -0.140. The summed E-state index contributed by atoms with van der Waals surface area (Å²) in [5.74, 6) is 0.737. The monoisotopic (exact) mass is 379 g/mol. The van der Waals surface area contributed by atoms with Crippen molar-refractivity contribution in [2.45, 2.75) is 19.5 Å². The zero-order chi connectivity index (χ0) is 19.9. The Kier molecular flexibility index (Phi) is 6.39. The molecule has 0 aliphatic carbocycles. The second kappa shape index (κ2) is 9.14. The number of likely N-dealkylation sites (N-methyl/N-ethyl adjacent to an activating group) is 1. The molecule has 0 bridgehead atoms. The van der Waals surface area contributed by atoms with E-state index in [1.807, 2.05) is 67.7 Å². The van der Waals surface area contributed by atoms with Gasteiger partial charge in [-0.1, -0.05) is 12.1 Å². The highest BCUT2D eigenvalue weighted by atomic mass is 16.5. The molecule has 3 rings (SSSR count).